The lowest BCUT2D eigenvalue weighted by molar-refractivity contribution is -0.131. The number of nitrogens with one attached hydrogen (secondary N) is 1. The summed E-state index contributed by atoms with van der Waals surface area (Å²) in [5, 5.41) is 2.66. The minimum absolute atomic E-state index is 0.100. The molecular weight excluding hydrogens is 446 g/mol. The molecule has 0 spiro atoms. The Morgan fingerprint density at radius 3 is 1.91 bits per heavy atom. The van der Waals surface area contributed by atoms with E-state index in [1.807, 2.05) is 47.6 Å². The van der Waals surface area contributed by atoms with Crippen molar-refractivity contribution in [2.24, 2.45) is 0 Å². The predicted octanol–water partition coefficient (Wildman–Crippen LogP) is 2.86. The summed E-state index contributed by atoms with van der Waals surface area (Å²) in [6, 6.07) is 3.60. The fourth-order valence-electron chi connectivity index (χ4n) is 4.07. The molecule has 1 N–H and O–H groups in total. The van der Waals surface area contributed by atoms with Gasteiger partial charge in [-0.2, -0.15) is 4.31 Å². The number of carbonyl (C=O) groups is 2. The van der Waals surface area contributed by atoms with Crippen LogP contribution in [-0.2, 0) is 14.8 Å². The maximum Gasteiger partial charge on any atom is 0.261 e. The van der Waals surface area contributed by atoms with Gasteiger partial charge in [0.25, 0.3) is 5.91 Å². The van der Waals surface area contributed by atoms with Crippen molar-refractivity contribution in [2.45, 2.75) is 46.4 Å². The first-order chi connectivity index (χ1) is 14.9. The molecule has 0 bridgehead atoms. The van der Waals surface area contributed by atoms with Gasteiger partial charge in [0.15, 0.2) is 0 Å². The molecule has 1 aromatic carbocycles. The predicted molar refractivity (Wildman–Crippen MR) is 127 cm³/mol. The van der Waals surface area contributed by atoms with Crippen LogP contribution in [0.3, 0.4) is 0 Å². The average molecular weight is 478 g/mol. The maximum absolute atomic E-state index is 13.5. The summed E-state index contributed by atoms with van der Waals surface area (Å²) in [4.78, 5) is 28.3. The second-order valence-corrected chi connectivity index (χ2v) is 11.5. The standard InChI is InChI=1S/C23H31N3O4S2/c1-14-7-8-20(31-14)23(28)24-13-21(27)25-9-11-26(12-10-25)32(29,30)22-18(5)16(3)15(2)17(4)19(22)6/h7-8H,9-13H2,1-6H3,(H,24,28). The van der Waals surface area contributed by atoms with E-state index in [0.29, 0.717) is 22.9 Å². The van der Waals surface area contributed by atoms with Crippen LogP contribution in [0.4, 0.5) is 0 Å². The van der Waals surface area contributed by atoms with Crippen molar-refractivity contribution in [1.82, 2.24) is 14.5 Å². The zero-order valence-corrected chi connectivity index (χ0v) is 21.2. The van der Waals surface area contributed by atoms with Crippen LogP contribution in [0.2, 0.25) is 0 Å². The van der Waals surface area contributed by atoms with Gasteiger partial charge in [-0.1, -0.05) is 0 Å². The highest BCUT2D eigenvalue weighted by atomic mass is 32.2. The first-order valence-corrected chi connectivity index (χ1v) is 12.9. The van der Waals surface area contributed by atoms with Crippen molar-refractivity contribution in [2.75, 3.05) is 32.7 Å². The lowest BCUT2D eigenvalue weighted by Crippen LogP contribution is -2.52. The van der Waals surface area contributed by atoms with E-state index in [1.54, 1.807) is 11.0 Å². The van der Waals surface area contributed by atoms with E-state index in [0.717, 1.165) is 32.7 Å². The van der Waals surface area contributed by atoms with Gasteiger partial charge >= 0.3 is 0 Å². The van der Waals surface area contributed by atoms with Crippen LogP contribution in [0.1, 0.15) is 42.4 Å². The topological polar surface area (TPSA) is 86.8 Å². The summed E-state index contributed by atoms with van der Waals surface area (Å²) in [6.45, 7) is 12.5. The quantitative estimate of drug-likeness (QED) is 0.717. The van der Waals surface area contributed by atoms with Gasteiger partial charge in [-0.3, -0.25) is 9.59 Å². The smallest absolute Gasteiger partial charge is 0.261 e. The van der Waals surface area contributed by atoms with Crippen molar-refractivity contribution in [1.29, 1.82) is 0 Å². The number of sulfonamides is 1. The van der Waals surface area contributed by atoms with E-state index in [9.17, 15) is 18.0 Å². The monoisotopic (exact) mass is 477 g/mol. The van der Waals surface area contributed by atoms with Gasteiger partial charge < -0.3 is 10.2 Å². The number of hydrogen-bond acceptors (Lipinski definition) is 5. The number of nitrogens with zero attached hydrogens (tertiary/aromatic N) is 2. The van der Waals surface area contributed by atoms with Crippen molar-refractivity contribution in [3.8, 4) is 0 Å². The lowest BCUT2D eigenvalue weighted by atomic mass is 9.95. The molecule has 0 saturated carbocycles. The molecular formula is C23H31N3O4S2. The van der Waals surface area contributed by atoms with Gasteiger partial charge in [-0.05, 0) is 81.5 Å². The van der Waals surface area contributed by atoms with Crippen molar-refractivity contribution < 1.29 is 18.0 Å². The molecule has 2 aromatic rings. The largest absolute Gasteiger partial charge is 0.342 e. The average Bonchev–Trinajstić information content (AvgIpc) is 3.21. The summed E-state index contributed by atoms with van der Waals surface area (Å²) in [5.41, 5.74) is 4.69. The Kier molecular flexibility index (Phi) is 7.12. The normalized spacial score (nSPS) is 15.1. The first kappa shape index (κ1) is 24.4. The number of hydrogen-bond donors (Lipinski definition) is 1. The molecule has 1 fully saturated rings. The van der Waals surface area contributed by atoms with Gasteiger partial charge in [0.05, 0.1) is 16.3 Å². The maximum atomic E-state index is 13.5. The Bertz CT molecular complexity index is 1130. The van der Waals surface area contributed by atoms with E-state index in [-0.39, 0.29) is 31.4 Å². The number of amides is 2. The van der Waals surface area contributed by atoms with E-state index in [2.05, 4.69) is 5.32 Å². The number of piperazine rings is 1. The molecule has 1 aliphatic rings. The van der Waals surface area contributed by atoms with Crippen LogP contribution < -0.4 is 5.32 Å². The van der Waals surface area contributed by atoms with Gasteiger partial charge in [-0.25, -0.2) is 8.42 Å². The SMILES string of the molecule is Cc1ccc(C(=O)NCC(=O)N2CCN(S(=O)(=O)c3c(C)c(C)c(C)c(C)c3C)CC2)s1. The van der Waals surface area contributed by atoms with Gasteiger partial charge in [0.1, 0.15) is 0 Å². The Balaban J connectivity index is 1.65. The number of carbonyl (C=O) groups excluding carboxylic acids is 2. The molecule has 9 heteroatoms. The summed E-state index contributed by atoms with van der Waals surface area (Å²) < 4.78 is 28.4. The number of rotatable bonds is 5. The third-order valence-corrected chi connectivity index (χ3v) is 9.66. The van der Waals surface area contributed by atoms with Gasteiger partial charge in [0.2, 0.25) is 15.9 Å². The van der Waals surface area contributed by atoms with Crippen LogP contribution in [0, 0.1) is 41.5 Å². The minimum Gasteiger partial charge on any atom is -0.342 e. The molecule has 2 amide bonds. The molecule has 0 atom stereocenters. The highest BCUT2D eigenvalue weighted by Gasteiger charge is 2.33. The van der Waals surface area contributed by atoms with E-state index >= 15 is 0 Å². The van der Waals surface area contributed by atoms with Crippen LogP contribution >= 0.6 is 11.3 Å². The second kappa shape index (κ2) is 9.33. The van der Waals surface area contributed by atoms with Crippen LogP contribution in [-0.4, -0.2) is 62.2 Å². The molecule has 32 heavy (non-hydrogen) atoms. The Labute approximate surface area is 194 Å². The van der Waals surface area contributed by atoms with E-state index in [1.165, 1.54) is 15.6 Å². The van der Waals surface area contributed by atoms with Crippen molar-refractivity contribution in [3.05, 3.63) is 49.7 Å². The van der Waals surface area contributed by atoms with Crippen molar-refractivity contribution in [3.63, 3.8) is 0 Å². The van der Waals surface area contributed by atoms with Crippen LogP contribution in [0.25, 0.3) is 0 Å². The molecule has 0 unspecified atom stereocenters. The van der Waals surface area contributed by atoms with Crippen LogP contribution in [0.15, 0.2) is 17.0 Å². The van der Waals surface area contributed by atoms with E-state index in [4.69, 9.17) is 0 Å². The first-order valence-electron chi connectivity index (χ1n) is 10.6. The Morgan fingerprint density at radius 2 is 1.41 bits per heavy atom. The summed E-state index contributed by atoms with van der Waals surface area (Å²) in [5.74, 6) is -0.480. The highest BCUT2D eigenvalue weighted by Crippen LogP contribution is 2.31. The Morgan fingerprint density at radius 1 is 0.875 bits per heavy atom. The minimum atomic E-state index is -3.67. The van der Waals surface area contributed by atoms with E-state index < -0.39 is 10.0 Å². The highest BCUT2D eigenvalue weighted by molar-refractivity contribution is 7.89. The lowest BCUT2D eigenvalue weighted by Gasteiger charge is -2.35. The van der Waals surface area contributed by atoms with Gasteiger partial charge in [-0.15, -0.1) is 11.3 Å². The third kappa shape index (κ3) is 4.60. The zero-order valence-electron chi connectivity index (χ0n) is 19.5. The molecule has 1 aliphatic heterocycles. The fraction of sp³-hybridized carbons (Fsp3) is 0.478. The molecule has 1 saturated heterocycles. The van der Waals surface area contributed by atoms with Crippen LogP contribution in [0.5, 0.6) is 0 Å². The molecule has 0 radical (unpaired) electrons. The number of thiophene rings is 1. The molecule has 7 nitrogen and oxygen atoms in total. The summed E-state index contributed by atoms with van der Waals surface area (Å²) >= 11 is 1.38. The Hall–Kier alpha value is -2.23. The summed E-state index contributed by atoms with van der Waals surface area (Å²) in [6.07, 6.45) is 0. The fourth-order valence-corrected chi connectivity index (χ4v) is 6.84. The molecule has 3 rings (SSSR count). The number of benzene rings is 1. The second-order valence-electron chi connectivity index (χ2n) is 8.33. The van der Waals surface area contributed by atoms with Crippen molar-refractivity contribution >= 4 is 33.2 Å². The molecule has 174 valence electrons. The summed E-state index contributed by atoms with van der Waals surface area (Å²) in [7, 11) is -3.67. The zero-order chi connectivity index (χ0) is 23.8. The number of aryl methyl sites for hydroxylation is 1. The van der Waals surface area contributed by atoms with Gasteiger partial charge in [0, 0.05) is 31.1 Å². The molecule has 0 aliphatic carbocycles. The molecule has 2 heterocycles. The third-order valence-electron chi connectivity index (χ3n) is 6.48. The molecule has 1 aromatic heterocycles.